The van der Waals surface area contributed by atoms with Gasteiger partial charge in [0, 0.05) is 16.4 Å². The number of rotatable bonds is 7. The molecule has 0 aliphatic rings. The predicted molar refractivity (Wildman–Crippen MR) is 88.7 cm³/mol. The molecule has 0 amide bonds. The first-order valence-corrected chi connectivity index (χ1v) is 8.11. The number of hydrogen-bond donors (Lipinski definition) is 2. The number of halogens is 1. The quantitative estimate of drug-likeness (QED) is 0.748. The van der Waals surface area contributed by atoms with Crippen LogP contribution >= 0.6 is 22.9 Å². The van der Waals surface area contributed by atoms with Crippen LogP contribution in [-0.2, 0) is 27.3 Å². The van der Waals surface area contributed by atoms with Crippen molar-refractivity contribution in [2.45, 2.75) is 19.0 Å². The van der Waals surface area contributed by atoms with Crippen LogP contribution in [0.15, 0.2) is 35.7 Å². The van der Waals surface area contributed by atoms with Crippen LogP contribution in [0.4, 0.5) is 0 Å². The first-order valence-electron chi connectivity index (χ1n) is 6.85. The van der Waals surface area contributed by atoms with Gasteiger partial charge in [0.1, 0.15) is 6.04 Å². The number of ether oxygens (including phenoxy) is 1. The van der Waals surface area contributed by atoms with E-state index < -0.39 is 18.0 Å². The van der Waals surface area contributed by atoms with Gasteiger partial charge in [-0.15, -0.1) is 11.3 Å². The van der Waals surface area contributed by atoms with Crippen LogP contribution in [0.2, 0.25) is 5.02 Å². The van der Waals surface area contributed by atoms with E-state index in [0.717, 1.165) is 10.4 Å². The third-order valence-corrected chi connectivity index (χ3v) is 4.61. The van der Waals surface area contributed by atoms with Crippen molar-refractivity contribution in [3.63, 3.8) is 0 Å². The normalized spacial score (nSPS) is 11.9. The third kappa shape index (κ3) is 4.54. The van der Waals surface area contributed by atoms with Gasteiger partial charge in [0.05, 0.1) is 13.5 Å². The Hall–Kier alpha value is -1.89. The standard InChI is InChI=1S/C16H16ClNO4S/c1-22-16(21)15(11-4-2-3-5-12(11)17)18-9-10-6-7-23-13(10)8-14(19)20/h2-7,15,18H,8-9H2,1H3,(H,19,20). The molecule has 0 aliphatic heterocycles. The molecule has 23 heavy (non-hydrogen) atoms. The van der Waals surface area contributed by atoms with Gasteiger partial charge in [-0.2, -0.15) is 0 Å². The van der Waals surface area contributed by atoms with E-state index in [1.807, 2.05) is 11.4 Å². The lowest BCUT2D eigenvalue weighted by Gasteiger charge is -2.18. The van der Waals surface area contributed by atoms with Crippen molar-refractivity contribution < 1.29 is 19.4 Å². The minimum atomic E-state index is -0.885. The largest absolute Gasteiger partial charge is 0.481 e. The number of carboxylic acids is 1. The van der Waals surface area contributed by atoms with Crippen molar-refractivity contribution in [2.75, 3.05) is 7.11 Å². The zero-order valence-corrected chi connectivity index (χ0v) is 14.0. The van der Waals surface area contributed by atoms with E-state index in [1.54, 1.807) is 24.3 Å². The minimum Gasteiger partial charge on any atom is -0.481 e. The number of carboxylic acid groups (broad SMARTS) is 1. The first-order chi connectivity index (χ1) is 11.0. The molecule has 0 aliphatic carbocycles. The molecule has 1 heterocycles. The van der Waals surface area contributed by atoms with E-state index in [9.17, 15) is 9.59 Å². The molecular formula is C16H16ClNO4S. The Morgan fingerprint density at radius 1 is 1.35 bits per heavy atom. The topological polar surface area (TPSA) is 75.6 Å². The average Bonchev–Trinajstić information content (AvgIpc) is 2.95. The number of carbonyl (C=O) groups is 2. The van der Waals surface area contributed by atoms with Crippen molar-refractivity contribution in [1.82, 2.24) is 5.32 Å². The van der Waals surface area contributed by atoms with E-state index in [0.29, 0.717) is 17.1 Å². The van der Waals surface area contributed by atoms with Crippen LogP contribution in [0.25, 0.3) is 0 Å². The zero-order valence-electron chi connectivity index (χ0n) is 12.4. The third-order valence-electron chi connectivity index (χ3n) is 3.30. The van der Waals surface area contributed by atoms with E-state index in [4.69, 9.17) is 21.4 Å². The van der Waals surface area contributed by atoms with Crippen LogP contribution in [-0.4, -0.2) is 24.2 Å². The van der Waals surface area contributed by atoms with Gasteiger partial charge in [0.25, 0.3) is 0 Å². The fraction of sp³-hybridized carbons (Fsp3) is 0.250. The zero-order chi connectivity index (χ0) is 16.8. The highest BCUT2D eigenvalue weighted by Crippen LogP contribution is 2.25. The fourth-order valence-corrected chi connectivity index (χ4v) is 3.32. The lowest BCUT2D eigenvalue weighted by molar-refractivity contribution is -0.143. The Bertz CT molecular complexity index is 701. The minimum absolute atomic E-state index is 0.0380. The van der Waals surface area contributed by atoms with Crippen LogP contribution in [0, 0.1) is 0 Å². The van der Waals surface area contributed by atoms with E-state index in [-0.39, 0.29) is 6.42 Å². The number of benzene rings is 1. The number of nitrogens with one attached hydrogen (secondary N) is 1. The molecule has 0 bridgehead atoms. The Balaban J connectivity index is 2.17. The molecule has 0 fully saturated rings. The van der Waals surface area contributed by atoms with Gasteiger partial charge >= 0.3 is 11.9 Å². The Labute approximate surface area is 142 Å². The molecular weight excluding hydrogens is 338 g/mol. The number of hydrogen-bond acceptors (Lipinski definition) is 5. The molecule has 0 spiro atoms. The number of thiophene rings is 1. The molecule has 5 nitrogen and oxygen atoms in total. The monoisotopic (exact) mass is 353 g/mol. The summed E-state index contributed by atoms with van der Waals surface area (Å²) in [5.74, 6) is -1.34. The summed E-state index contributed by atoms with van der Waals surface area (Å²) in [7, 11) is 1.31. The predicted octanol–water partition coefficient (Wildman–Crippen LogP) is 3.03. The molecule has 122 valence electrons. The number of methoxy groups -OCH3 is 1. The molecule has 7 heteroatoms. The van der Waals surface area contributed by atoms with Crippen LogP contribution in [0.3, 0.4) is 0 Å². The molecule has 0 radical (unpaired) electrons. The molecule has 1 aromatic heterocycles. The summed E-state index contributed by atoms with van der Waals surface area (Å²) in [5.41, 5.74) is 1.47. The molecule has 0 saturated heterocycles. The van der Waals surface area contributed by atoms with Gasteiger partial charge in [-0.05, 0) is 28.6 Å². The van der Waals surface area contributed by atoms with Gasteiger partial charge in [-0.25, -0.2) is 4.79 Å². The SMILES string of the molecule is COC(=O)C(NCc1ccsc1CC(=O)O)c1ccccc1Cl. The highest BCUT2D eigenvalue weighted by atomic mass is 35.5. The smallest absolute Gasteiger partial charge is 0.327 e. The molecule has 1 unspecified atom stereocenters. The second-order valence-electron chi connectivity index (χ2n) is 4.80. The lowest BCUT2D eigenvalue weighted by atomic mass is 10.1. The van der Waals surface area contributed by atoms with Crippen LogP contribution in [0.1, 0.15) is 22.0 Å². The molecule has 1 atom stereocenters. The highest BCUT2D eigenvalue weighted by Gasteiger charge is 2.23. The van der Waals surface area contributed by atoms with Crippen molar-refractivity contribution in [1.29, 1.82) is 0 Å². The van der Waals surface area contributed by atoms with Gasteiger partial charge < -0.3 is 9.84 Å². The molecule has 2 aromatic rings. The van der Waals surface area contributed by atoms with E-state index in [1.165, 1.54) is 18.4 Å². The summed E-state index contributed by atoms with van der Waals surface area (Å²) in [5, 5.41) is 14.3. The van der Waals surface area contributed by atoms with Crippen molar-refractivity contribution in [3.05, 3.63) is 56.7 Å². The summed E-state index contributed by atoms with van der Waals surface area (Å²) in [4.78, 5) is 23.7. The second-order valence-corrected chi connectivity index (χ2v) is 6.21. The Morgan fingerprint density at radius 3 is 2.74 bits per heavy atom. The number of carbonyl (C=O) groups excluding carboxylic acids is 1. The fourth-order valence-electron chi connectivity index (χ4n) is 2.18. The molecule has 1 aromatic carbocycles. The second kappa shape index (κ2) is 8.10. The molecule has 2 rings (SSSR count). The first kappa shape index (κ1) is 17.5. The maximum atomic E-state index is 12.1. The maximum Gasteiger partial charge on any atom is 0.327 e. The van der Waals surface area contributed by atoms with Crippen LogP contribution in [0.5, 0.6) is 0 Å². The van der Waals surface area contributed by atoms with Crippen molar-refractivity contribution >= 4 is 34.9 Å². The summed E-state index contributed by atoms with van der Waals surface area (Å²) in [6.07, 6.45) is -0.0380. The van der Waals surface area contributed by atoms with Crippen LogP contribution < -0.4 is 5.32 Å². The Morgan fingerprint density at radius 2 is 2.09 bits per heavy atom. The average molecular weight is 354 g/mol. The lowest BCUT2D eigenvalue weighted by Crippen LogP contribution is -2.29. The maximum absolute atomic E-state index is 12.1. The van der Waals surface area contributed by atoms with Gasteiger partial charge in [0.2, 0.25) is 0 Å². The van der Waals surface area contributed by atoms with E-state index in [2.05, 4.69) is 5.32 Å². The van der Waals surface area contributed by atoms with Crippen molar-refractivity contribution in [2.24, 2.45) is 0 Å². The summed E-state index contributed by atoms with van der Waals surface area (Å²) in [6.45, 7) is 0.344. The summed E-state index contributed by atoms with van der Waals surface area (Å²) in [6, 6.07) is 8.16. The van der Waals surface area contributed by atoms with Gasteiger partial charge in [-0.1, -0.05) is 29.8 Å². The molecule has 0 saturated carbocycles. The van der Waals surface area contributed by atoms with Crippen molar-refractivity contribution in [3.8, 4) is 0 Å². The van der Waals surface area contributed by atoms with Gasteiger partial charge in [-0.3, -0.25) is 10.1 Å². The Kier molecular flexibility index (Phi) is 6.15. The summed E-state index contributed by atoms with van der Waals surface area (Å²) < 4.78 is 4.83. The number of aliphatic carboxylic acids is 1. The highest BCUT2D eigenvalue weighted by molar-refractivity contribution is 7.10. The summed E-state index contributed by atoms with van der Waals surface area (Å²) >= 11 is 7.54. The molecule has 2 N–H and O–H groups in total. The van der Waals surface area contributed by atoms with Gasteiger partial charge in [0.15, 0.2) is 0 Å². The van der Waals surface area contributed by atoms with E-state index >= 15 is 0 Å². The number of esters is 1.